The number of aryl methyl sites for hydroxylation is 1. The average molecular weight is 275 g/mol. The standard InChI is InChI=1S/C15H21N3O2/c1-9(2)12-13(17-18(3)15(12)16)10-7-6-8-11(19-4)14(10)20-5/h6-9H,16H2,1-5H3. The summed E-state index contributed by atoms with van der Waals surface area (Å²) in [5.41, 5.74) is 8.89. The predicted octanol–water partition coefficient (Wildman–Crippen LogP) is 2.81. The number of para-hydroxylation sites is 1. The van der Waals surface area contributed by atoms with Crippen molar-refractivity contribution in [2.45, 2.75) is 19.8 Å². The molecule has 0 aliphatic rings. The van der Waals surface area contributed by atoms with Crippen molar-refractivity contribution in [3.8, 4) is 22.8 Å². The molecule has 0 saturated heterocycles. The van der Waals surface area contributed by atoms with E-state index in [1.54, 1.807) is 18.9 Å². The zero-order valence-corrected chi connectivity index (χ0v) is 12.6. The number of nitrogen functional groups attached to an aromatic ring is 1. The number of ether oxygens (including phenoxy) is 2. The van der Waals surface area contributed by atoms with E-state index in [1.807, 2.05) is 25.2 Å². The zero-order chi connectivity index (χ0) is 14.9. The molecule has 2 rings (SSSR count). The Morgan fingerprint density at radius 3 is 2.45 bits per heavy atom. The van der Waals surface area contributed by atoms with Crippen molar-refractivity contribution in [1.29, 1.82) is 0 Å². The maximum atomic E-state index is 6.13. The number of nitrogens with two attached hydrogens (primary N) is 1. The van der Waals surface area contributed by atoms with Crippen LogP contribution in [0.3, 0.4) is 0 Å². The fourth-order valence-electron chi connectivity index (χ4n) is 2.40. The van der Waals surface area contributed by atoms with Crippen LogP contribution in [0.15, 0.2) is 18.2 Å². The van der Waals surface area contributed by atoms with Crippen LogP contribution in [0.2, 0.25) is 0 Å². The third kappa shape index (κ3) is 2.19. The maximum Gasteiger partial charge on any atom is 0.170 e. The number of methoxy groups -OCH3 is 2. The first kappa shape index (κ1) is 14.2. The number of hydrogen-bond donors (Lipinski definition) is 1. The highest BCUT2D eigenvalue weighted by Gasteiger charge is 2.22. The van der Waals surface area contributed by atoms with Gasteiger partial charge in [0.1, 0.15) is 11.5 Å². The molecule has 0 bridgehead atoms. The van der Waals surface area contributed by atoms with Crippen molar-refractivity contribution in [3.63, 3.8) is 0 Å². The van der Waals surface area contributed by atoms with Crippen molar-refractivity contribution in [2.24, 2.45) is 7.05 Å². The Morgan fingerprint density at radius 1 is 1.20 bits per heavy atom. The van der Waals surface area contributed by atoms with E-state index in [0.29, 0.717) is 17.3 Å². The van der Waals surface area contributed by atoms with Gasteiger partial charge in [0.15, 0.2) is 11.5 Å². The van der Waals surface area contributed by atoms with Crippen LogP contribution in [0.25, 0.3) is 11.3 Å². The largest absolute Gasteiger partial charge is 0.493 e. The number of anilines is 1. The summed E-state index contributed by atoms with van der Waals surface area (Å²) in [7, 11) is 5.10. The van der Waals surface area contributed by atoms with Crippen LogP contribution < -0.4 is 15.2 Å². The van der Waals surface area contributed by atoms with Crippen LogP contribution in [0.1, 0.15) is 25.3 Å². The minimum absolute atomic E-state index is 0.273. The Morgan fingerprint density at radius 2 is 1.90 bits per heavy atom. The Bertz CT molecular complexity index is 618. The highest BCUT2D eigenvalue weighted by molar-refractivity contribution is 5.76. The quantitative estimate of drug-likeness (QED) is 0.932. The topological polar surface area (TPSA) is 62.3 Å². The number of hydrogen-bond acceptors (Lipinski definition) is 4. The van der Waals surface area contributed by atoms with Crippen molar-refractivity contribution in [1.82, 2.24) is 9.78 Å². The smallest absolute Gasteiger partial charge is 0.170 e. The molecule has 108 valence electrons. The van der Waals surface area contributed by atoms with Gasteiger partial charge in [0.2, 0.25) is 0 Å². The van der Waals surface area contributed by atoms with Crippen LogP contribution >= 0.6 is 0 Å². The van der Waals surface area contributed by atoms with Crippen LogP contribution in [0.5, 0.6) is 11.5 Å². The molecule has 0 aliphatic heterocycles. The monoisotopic (exact) mass is 275 g/mol. The molecule has 5 nitrogen and oxygen atoms in total. The fourth-order valence-corrected chi connectivity index (χ4v) is 2.40. The third-order valence-corrected chi connectivity index (χ3v) is 3.37. The summed E-state index contributed by atoms with van der Waals surface area (Å²) >= 11 is 0. The second-order valence-corrected chi connectivity index (χ2v) is 4.97. The molecule has 0 saturated carbocycles. The van der Waals surface area contributed by atoms with E-state index < -0.39 is 0 Å². The van der Waals surface area contributed by atoms with Crippen LogP contribution in [-0.4, -0.2) is 24.0 Å². The van der Waals surface area contributed by atoms with Gasteiger partial charge < -0.3 is 15.2 Å². The van der Waals surface area contributed by atoms with Crippen molar-refractivity contribution >= 4 is 5.82 Å². The lowest BCUT2D eigenvalue weighted by molar-refractivity contribution is 0.356. The SMILES string of the molecule is COc1cccc(-c2nn(C)c(N)c2C(C)C)c1OC. The van der Waals surface area contributed by atoms with Gasteiger partial charge in [-0.3, -0.25) is 4.68 Å². The fraction of sp³-hybridized carbons (Fsp3) is 0.400. The number of nitrogens with zero attached hydrogens (tertiary/aromatic N) is 2. The molecule has 1 aromatic carbocycles. The highest BCUT2D eigenvalue weighted by Crippen LogP contribution is 2.41. The zero-order valence-electron chi connectivity index (χ0n) is 12.6. The molecule has 0 spiro atoms. The lowest BCUT2D eigenvalue weighted by Gasteiger charge is -2.13. The van der Waals surface area contributed by atoms with E-state index in [4.69, 9.17) is 15.2 Å². The normalized spacial score (nSPS) is 10.9. The van der Waals surface area contributed by atoms with E-state index in [9.17, 15) is 0 Å². The first-order chi connectivity index (χ1) is 9.51. The minimum Gasteiger partial charge on any atom is -0.493 e. The molecule has 0 aliphatic carbocycles. The molecule has 2 N–H and O–H groups in total. The first-order valence-corrected chi connectivity index (χ1v) is 6.55. The molecule has 0 unspecified atom stereocenters. The number of benzene rings is 1. The molecule has 2 aromatic rings. The lowest BCUT2D eigenvalue weighted by atomic mass is 9.98. The highest BCUT2D eigenvalue weighted by atomic mass is 16.5. The van der Waals surface area contributed by atoms with Gasteiger partial charge in [-0.05, 0) is 18.1 Å². The number of rotatable bonds is 4. The maximum absolute atomic E-state index is 6.13. The lowest BCUT2D eigenvalue weighted by Crippen LogP contribution is -2.00. The van der Waals surface area contributed by atoms with Gasteiger partial charge in [0.05, 0.1) is 14.2 Å². The second-order valence-electron chi connectivity index (χ2n) is 4.97. The van der Waals surface area contributed by atoms with Crippen LogP contribution in [0, 0.1) is 0 Å². The molecule has 0 amide bonds. The summed E-state index contributed by atoms with van der Waals surface area (Å²) in [6.07, 6.45) is 0. The van der Waals surface area contributed by atoms with Gasteiger partial charge in [-0.25, -0.2) is 0 Å². The Labute approximate surface area is 119 Å². The van der Waals surface area contributed by atoms with Crippen molar-refractivity contribution < 1.29 is 9.47 Å². The van der Waals surface area contributed by atoms with Gasteiger partial charge in [0.25, 0.3) is 0 Å². The predicted molar refractivity (Wildman–Crippen MR) is 80.2 cm³/mol. The summed E-state index contributed by atoms with van der Waals surface area (Å²) < 4.78 is 12.5. The summed E-state index contributed by atoms with van der Waals surface area (Å²) in [6, 6.07) is 5.75. The Kier molecular flexibility index (Phi) is 3.88. The summed E-state index contributed by atoms with van der Waals surface area (Å²) in [6.45, 7) is 4.20. The van der Waals surface area contributed by atoms with Gasteiger partial charge in [-0.15, -0.1) is 0 Å². The molecule has 0 fully saturated rings. The van der Waals surface area contributed by atoms with Gasteiger partial charge >= 0.3 is 0 Å². The summed E-state index contributed by atoms with van der Waals surface area (Å²) in [5.74, 6) is 2.31. The van der Waals surface area contributed by atoms with E-state index in [2.05, 4.69) is 18.9 Å². The van der Waals surface area contributed by atoms with E-state index in [-0.39, 0.29) is 5.92 Å². The minimum atomic E-state index is 0.273. The molecule has 20 heavy (non-hydrogen) atoms. The number of aromatic nitrogens is 2. The Hall–Kier alpha value is -2.17. The third-order valence-electron chi connectivity index (χ3n) is 3.37. The molecular weight excluding hydrogens is 254 g/mol. The molecule has 1 aromatic heterocycles. The van der Waals surface area contributed by atoms with Crippen LogP contribution in [-0.2, 0) is 7.05 Å². The van der Waals surface area contributed by atoms with Gasteiger partial charge in [-0.1, -0.05) is 19.9 Å². The molecule has 0 radical (unpaired) electrons. The van der Waals surface area contributed by atoms with Gasteiger partial charge in [0, 0.05) is 18.2 Å². The summed E-state index contributed by atoms with van der Waals surface area (Å²) in [5, 5.41) is 4.54. The summed E-state index contributed by atoms with van der Waals surface area (Å²) in [4.78, 5) is 0. The van der Waals surface area contributed by atoms with Crippen LogP contribution in [0.4, 0.5) is 5.82 Å². The van der Waals surface area contributed by atoms with Gasteiger partial charge in [-0.2, -0.15) is 5.10 Å². The van der Waals surface area contributed by atoms with Crippen molar-refractivity contribution in [3.05, 3.63) is 23.8 Å². The Balaban J connectivity index is 2.72. The average Bonchev–Trinajstić information content (AvgIpc) is 2.73. The molecule has 0 atom stereocenters. The first-order valence-electron chi connectivity index (χ1n) is 6.55. The molecular formula is C15H21N3O2. The van der Waals surface area contributed by atoms with E-state index in [0.717, 1.165) is 16.8 Å². The molecule has 5 heteroatoms. The second kappa shape index (κ2) is 5.45. The molecule has 1 heterocycles. The van der Waals surface area contributed by atoms with E-state index in [1.165, 1.54) is 0 Å². The van der Waals surface area contributed by atoms with E-state index >= 15 is 0 Å². The van der Waals surface area contributed by atoms with Crippen molar-refractivity contribution in [2.75, 3.05) is 20.0 Å².